The zero-order chi connectivity index (χ0) is 14.2. The number of fused-ring (bicyclic) bond motifs is 3. The molecule has 0 unspecified atom stereocenters. The van der Waals surface area contributed by atoms with Crippen LogP contribution in [0, 0.1) is 0 Å². The van der Waals surface area contributed by atoms with Gasteiger partial charge in [0.25, 0.3) is 0 Å². The van der Waals surface area contributed by atoms with Gasteiger partial charge in [-0.05, 0) is 48.4 Å². The van der Waals surface area contributed by atoms with E-state index in [9.17, 15) is 0 Å². The molecule has 2 heteroatoms. The summed E-state index contributed by atoms with van der Waals surface area (Å²) in [6, 6.07) is 21.3. The maximum atomic E-state index is 4.61. The normalized spacial score (nSPS) is 11.3. The van der Waals surface area contributed by atoms with E-state index in [2.05, 4.69) is 65.0 Å². The summed E-state index contributed by atoms with van der Waals surface area (Å²) in [4.78, 5) is 4.61. The summed E-state index contributed by atoms with van der Waals surface area (Å²) in [6.07, 6.45) is 2.91. The summed E-state index contributed by atoms with van der Waals surface area (Å²) >= 11 is 0. The van der Waals surface area contributed by atoms with Gasteiger partial charge in [-0.2, -0.15) is 0 Å². The number of pyridine rings is 1. The summed E-state index contributed by atoms with van der Waals surface area (Å²) in [5.74, 6) is 0. The topological polar surface area (TPSA) is 17.8 Å². The van der Waals surface area contributed by atoms with Crippen LogP contribution in [0.3, 0.4) is 0 Å². The number of hydrogen-bond acceptors (Lipinski definition) is 1. The summed E-state index contributed by atoms with van der Waals surface area (Å²) in [7, 11) is 0. The Labute approximate surface area is 123 Å². The van der Waals surface area contributed by atoms with E-state index in [1.165, 1.54) is 21.9 Å². The SMILES string of the molecule is CCc1ccc2c(c1)c1cccnc1n2-c1ccccc1. The molecule has 4 aromatic rings. The first-order chi connectivity index (χ1) is 10.4. The van der Waals surface area contributed by atoms with Crippen molar-refractivity contribution in [2.75, 3.05) is 0 Å². The van der Waals surface area contributed by atoms with Gasteiger partial charge in [-0.15, -0.1) is 0 Å². The molecule has 0 aliphatic rings. The third-order valence-corrected chi connectivity index (χ3v) is 4.01. The average Bonchev–Trinajstić information content (AvgIpc) is 2.89. The molecule has 0 spiro atoms. The molecule has 2 aromatic heterocycles. The fourth-order valence-electron chi connectivity index (χ4n) is 2.95. The molecule has 0 amide bonds. The Morgan fingerprint density at radius 3 is 2.57 bits per heavy atom. The van der Waals surface area contributed by atoms with E-state index in [-0.39, 0.29) is 0 Å². The molecule has 0 radical (unpaired) electrons. The summed E-state index contributed by atoms with van der Waals surface area (Å²) in [5, 5.41) is 2.49. The van der Waals surface area contributed by atoms with Crippen LogP contribution in [0.25, 0.3) is 27.6 Å². The van der Waals surface area contributed by atoms with Crippen LogP contribution in [0.2, 0.25) is 0 Å². The van der Waals surface area contributed by atoms with Crippen LogP contribution in [0.1, 0.15) is 12.5 Å². The highest BCUT2D eigenvalue weighted by Crippen LogP contribution is 2.31. The molecule has 102 valence electrons. The average molecular weight is 272 g/mol. The Hall–Kier alpha value is -2.61. The van der Waals surface area contributed by atoms with E-state index in [1.54, 1.807) is 0 Å². The van der Waals surface area contributed by atoms with Crippen molar-refractivity contribution in [1.82, 2.24) is 9.55 Å². The van der Waals surface area contributed by atoms with E-state index in [0.717, 1.165) is 17.8 Å². The number of para-hydroxylation sites is 1. The lowest BCUT2D eigenvalue weighted by atomic mass is 10.1. The van der Waals surface area contributed by atoms with Crippen molar-refractivity contribution in [3.63, 3.8) is 0 Å². The van der Waals surface area contributed by atoms with Crippen LogP contribution in [0.4, 0.5) is 0 Å². The van der Waals surface area contributed by atoms with E-state index >= 15 is 0 Å². The molecular weight excluding hydrogens is 256 g/mol. The van der Waals surface area contributed by atoms with Crippen molar-refractivity contribution in [2.45, 2.75) is 13.3 Å². The van der Waals surface area contributed by atoms with Gasteiger partial charge in [-0.1, -0.05) is 31.2 Å². The molecule has 2 nitrogen and oxygen atoms in total. The van der Waals surface area contributed by atoms with Crippen molar-refractivity contribution in [3.8, 4) is 5.69 Å². The number of hydrogen-bond donors (Lipinski definition) is 0. The number of aromatic nitrogens is 2. The first-order valence-electron chi connectivity index (χ1n) is 7.32. The second kappa shape index (κ2) is 4.74. The van der Waals surface area contributed by atoms with Gasteiger partial charge >= 0.3 is 0 Å². The maximum Gasteiger partial charge on any atom is 0.145 e. The lowest BCUT2D eigenvalue weighted by Crippen LogP contribution is -1.94. The van der Waals surface area contributed by atoms with E-state index in [0.29, 0.717) is 0 Å². The Morgan fingerprint density at radius 2 is 1.76 bits per heavy atom. The first kappa shape index (κ1) is 12.2. The van der Waals surface area contributed by atoms with Gasteiger partial charge in [0.1, 0.15) is 5.65 Å². The molecule has 0 atom stereocenters. The fraction of sp³-hybridized carbons (Fsp3) is 0.105. The lowest BCUT2D eigenvalue weighted by Gasteiger charge is -2.06. The van der Waals surface area contributed by atoms with Crippen molar-refractivity contribution < 1.29 is 0 Å². The van der Waals surface area contributed by atoms with Crippen molar-refractivity contribution in [3.05, 3.63) is 72.4 Å². The smallest absolute Gasteiger partial charge is 0.145 e. The van der Waals surface area contributed by atoms with Crippen LogP contribution in [0.15, 0.2) is 66.9 Å². The molecule has 2 aromatic carbocycles. The Kier molecular flexibility index (Phi) is 2.74. The predicted molar refractivity (Wildman–Crippen MR) is 88.0 cm³/mol. The third-order valence-electron chi connectivity index (χ3n) is 4.01. The Bertz CT molecular complexity index is 920. The molecule has 0 saturated heterocycles. The van der Waals surface area contributed by atoms with Gasteiger partial charge in [0.15, 0.2) is 0 Å². The van der Waals surface area contributed by atoms with Gasteiger partial charge < -0.3 is 0 Å². The molecule has 0 aliphatic heterocycles. The fourth-order valence-corrected chi connectivity index (χ4v) is 2.95. The minimum absolute atomic E-state index is 1.02. The van der Waals surface area contributed by atoms with Crippen LogP contribution < -0.4 is 0 Å². The molecule has 0 aliphatic carbocycles. The second-order valence-electron chi connectivity index (χ2n) is 5.25. The van der Waals surface area contributed by atoms with Gasteiger partial charge in [-0.25, -0.2) is 4.98 Å². The molecule has 4 rings (SSSR count). The molecule has 21 heavy (non-hydrogen) atoms. The van der Waals surface area contributed by atoms with Crippen LogP contribution in [0.5, 0.6) is 0 Å². The Morgan fingerprint density at radius 1 is 0.905 bits per heavy atom. The lowest BCUT2D eigenvalue weighted by molar-refractivity contribution is 1.12. The number of rotatable bonds is 2. The molecule has 0 saturated carbocycles. The number of aryl methyl sites for hydroxylation is 1. The molecule has 2 heterocycles. The third kappa shape index (κ3) is 1.83. The standard InChI is InChI=1S/C19H16N2/c1-2-14-10-11-18-17(13-14)16-9-6-12-20-19(16)21(18)15-7-4-3-5-8-15/h3-13H,2H2,1H3. The Balaban J connectivity index is 2.17. The summed E-state index contributed by atoms with van der Waals surface area (Å²) in [6.45, 7) is 2.19. The van der Waals surface area contributed by atoms with Gasteiger partial charge in [-0.3, -0.25) is 4.57 Å². The van der Waals surface area contributed by atoms with Gasteiger partial charge in [0.05, 0.1) is 5.52 Å². The van der Waals surface area contributed by atoms with E-state index in [4.69, 9.17) is 0 Å². The highest BCUT2D eigenvalue weighted by Gasteiger charge is 2.12. The van der Waals surface area contributed by atoms with E-state index in [1.807, 2.05) is 18.3 Å². The molecule has 0 fully saturated rings. The van der Waals surface area contributed by atoms with E-state index < -0.39 is 0 Å². The molecule has 0 N–H and O–H groups in total. The zero-order valence-electron chi connectivity index (χ0n) is 12.0. The van der Waals surface area contributed by atoms with Crippen molar-refractivity contribution in [1.29, 1.82) is 0 Å². The highest BCUT2D eigenvalue weighted by atomic mass is 15.0. The van der Waals surface area contributed by atoms with Gasteiger partial charge in [0.2, 0.25) is 0 Å². The van der Waals surface area contributed by atoms with Crippen molar-refractivity contribution >= 4 is 21.9 Å². The van der Waals surface area contributed by atoms with Crippen molar-refractivity contribution in [2.24, 2.45) is 0 Å². The number of benzene rings is 2. The molecule has 0 bridgehead atoms. The minimum Gasteiger partial charge on any atom is -0.294 e. The first-order valence-corrected chi connectivity index (χ1v) is 7.32. The summed E-state index contributed by atoms with van der Waals surface area (Å²) < 4.78 is 2.24. The highest BCUT2D eigenvalue weighted by molar-refractivity contribution is 6.08. The minimum atomic E-state index is 1.02. The second-order valence-corrected chi connectivity index (χ2v) is 5.25. The maximum absolute atomic E-state index is 4.61. The van der Waals surface area contributed by atoms with Gasteiger partial charge in [0, 0.05) is 22.7 Å². The molecular formula is C19H16N2. The number of nitrogens with zero attached hydrogens (tertiary/aromatic N) is 2. The van der Waals surface area contributed by atoms with Crippen LogP contribution in [-0.4, -0.2) is 9.55 Å². The van der Waals surface area contributed by atoms with Crippen LogP contribution >= 0.6 is 0 Å². The largest absolute Gasteiger partial charge is 0.294 e. The summed E-state index contributed by atoms with van der Waals surface area (Å²) in [5.41, 5.74) is 4.75. The predicted octanol–water partition coefficient (Wildman–Crippen LogP) is 4.74. The quantitative estimate of drug-likeness (QED) is 0.515. The van der Waals surface area contributed by atoms with Crippen LogP contribution in [-0.2, 0) is 6.42 Å². The monoisotopic (exact) mass is 272 g/mol. The zero-order valence-corrected chi connectivity index (χ0v) is 12.0.